The van der Waals surface area contributed by atoms with Gasteiger partial charge in [-0.05, 0) is 79.4 Å². The number of ether oxygens (including phenoxy) is 1. The molecule has 0 saturated carbocycles. The molecule has 4 aromatic rings. The molecule has 0 radical (unpaired) electrons. The number of thiazole rings is 1. The molecule has 3 aromatic carbocycles. The summed E-state index contributed by atoms with van der Waals surface area (Å²) in [5.41, 5.74) is 5.08. The van der Waals surface area contributed by atoms with Crippen LogP contribution < -0.4 is 9.64 Å². The lowest BCUT2D eigenvalue weighted by atomic mass is 9.94. The number of anilines is 1. The van der Waals surface area contributed by atoms with Crippen LogP contribution in [0.1, 0.15) is 40.8 Å². The highest BCUT2D eigenvalue weighted by Crippen LogP contribution is 2.45. The molecule has 186 valence electrons. The van der Waals surface area contributed by atoms with E-state index in [-0.39, 0.29) is 17.4 Å². The van der Waals surface area contributed by atoms with Gasteiger partial charge in [0, 0.05) is 16.5 Å². The highest BCUT2D eigenvalue weighted by atomic mass is 79.9. The Kier molecular flexibility index (Phi) is 5.69. The Morgan fingerprint density at radius 1 is 1.14 bits per heavy atom. The number of aromatic nitrogens is 1. The number of nitrogens with zero attached hydrogens (tertiary/aromatic N) is 2. The summed E-state index contributed by atoms with van der Waals surface area (Å²) >= 11 is 4.88. The van der Waals surface area contributed by atoms with Crippen LogP contribution >= 0.6 is 27.3 Å². The summed E-state index contributed by atoms with van der Waals surface area (Å²) in [5, 5.41) is 11.9. The van der Waals surface area contributed by atoms with Crippen LogP contribution in [0, 0.1) is 13.8 Å². The minimum atomic E-state index is -0.831. The lowest BCUT2D eigenvalue weighted by molar-refractivity contribution is -0.132. The summed E-state index contributed by atoms with van der Waals surface area (Å²) in [4.78, 5) is 33.3. The molecule has 1 saturated heterocycles. The Balaban J connectivity index is 1.55. The number of Topliss-reactive ketones (excluding diaryl/α,β-unsaturated/α-hetero) is 1. The second-order valence-corrected chi connectivity index (χ2v) is 11.5. The second-order valence-electron chi connectivity index (χ2n) is 9.60. The first-order valence-corrected chi connectivity index (χ1v) is 13.6. The van der Waals surface area contributed by atoms with Crippen LogP contribution in [-0.2, 0) is 16.0 Å². The molecule has 3 heterocycles. The van der Waals surface area contributed by atoms with Crippen LogP contribution in [-0.4, -0.2) is 27.9 Å². The molecule has 6 rings (SSSR count). The zero-order valence-corrected chi connectivity index (χ0v) is 22.8. The van der Waals surface area contributed by atoms with Crippen LogP contribution in [0.2, 0.25) is 0 Å². The quantitative estimate of drug-likeness (QED) is 0.169. The van der Waals surface area contributed by atoms with Gasteiger partial charge in [-0.1, -0.05) is 45.5 Å². The summed E-state index contributed by atoms with van der Waals surface area (Å²) in [6.07, 6.45) is 0.760. The molecule has 0 bridgehead atoms. The molecular formula is C29H23BrN2O4S. The minimum Gasteiger partial charge on any atom is -0.507 e. The first kappa shape index (κ1) is 23.9. The fourth-order valence-electron chi connectivity index (χ4n) is 5.21. The standard InChI is InChI=1S/C29H23BrN2O4S/c1-14-9-15(2)24-22(10-14)37-29(31-24)32-25(17-5-4-6-20(30)13-17)23(27(34)28(32)35)26(33)18-7-8-21-19(12-18)11-16(3)36-21/h4-10,12-13,16,25,33H,11H2,1-3H3/t16-,25-/m1/s1. The molecule has 0 spiro atoms. The zero-order chi connectivity index (χ0) is 26.0. The summed E-state index contributed by atoms with van der Waals surface area (Å²) in [5.74, 6) is -0.882. The van der Waals surface area contributed by atoms with Gasteiger partial charge >= 0.3 is 5.91 Å². The van der Waals surface area contributed by atoms with Gasteiger partial charge in [-0.2, -0.15) is 0 Å². The Bertz CT molecular complexity index is 1660. The smallest absolute Gasteiger partial charge is 0.301 e. The molecule has 1 amide bonds. The molecule has 8 heteroatoms. The van der Waals surface area contributed by atoms with E-state index >= 15 is 0 Å². The first-order chi connectivity index (χ1) is 17.7. The number of amides is 1. The van der Waals surface area contributed by atoms with Gasteiger partial charge in [-0.15, -0.1) is 0 Å². The van der Waals surface area contributed by atoms with E-state index in [9.17, 15) is 14.7 Å². The van der Waals surface area contributed by atoms with Gasteiger partial charge in [0.05, 0.1) is 21.8 Å². The number of fused-ring (bicyclic) bond motifs is 2. The number of aryl methyl sites for hydroxylation is 2. The zero-order valence-electron chi connectivity index (χ0n) is 20.4. The second kappa shape index (κ2) is 8.82. The van der Waals surface area contributed by atoms with Crippen molar-refractivity contribution in [2.24, 2.45) is 0 Å². The Morgan fingerprint density at radius 2 is 1.95 bits per heavy atom. The van der Waals surface area contributed by atoms with E-state index in [1.165, 1.54) is 16.2 Å². The van der Waals surface area contributed by atoms with E-state index in [1.54, 1.807) is 12.1 Å². The third kappa shape index (κ3) is 3.95. The van der Waals surface area contributed by atoms with Gasteiger partial charge in [-0.25, -0.2) is 4.98 Å². The molecule has 2 atom stereocenters. The Labute approximate surface area is 226 Å². The molecule has 1 N–H and O–H groups in total. The number of carbonyl (C=O) groups excluding carboxylic acids is 2. The number of hydrogen-bond donors (Lipinski definition) is 1. The Hall–Kier alpha value is -3.49. The van der Waals surface area contributed by atoms with E-state index < -0.39 is 17.7 Å². The van der Waals surface area contributed by atoms with E-state index in [1.807, 2.05) is 63.2 Å². The number of ketones is 1. The van der Waals surface area contributed by atoms with Gasteiger partial charge in [-0.3, -0.25) is 14.5 Å². The number of hydrogen-bond acceptors (Lipinski definition) is 6. The number of rotatable bonds is 3. The summed E-state index contributed by atoms with van der Waals surface area (Å²) in [7, 11) is 0. The van der Waals surface area contributed by atoms with Gasteiger partial charge in [0.1, 0.15) is 17.6 Å². The number of carbonyl (C=O) groups is 2. The SMILES string of the molecule is Cc1cc(C)c2nc(N3C(=O)C(=O)C(=C(O)c4ccc5c(c4)C[C@@H](C)O5)[C@H]3c3cccc(Br)c3)sc2c1. The van der Waals surface area contributed by atoms with Gasteiger partial charge in [0.2, 0.25) is 0 Å². The summed E-state index contributed by atoms with van der Waals surface area (Å²) in [6, 6.07) is 16.0. The molecule has 2 aliphatic rings. The molecular weight excluding hydrogens is 552 g/mol. The van der Waals surface area contributed by atoms with Crippen molar-refractivity contribution in [3.05, 3.63) is 92.5 Å². The monoisotopic (exact) mass is 574 g/mol. The third-order valence-corrected chi connectivity index (χ3v) is 8.30. The van der Waals surface area contributed by atoms with E-state index in [4.69, 9.17) is 9.72 Å². The fraction of sp³-hybridized carbons (Fsp3) is 0.207. The lowest BCUT2D eigenvalue weighted by Gasteiger charge is -2.23. The van der Waals surface area contributed by atoms with Crippen LogP contribution in [0.3, 0.4) is 0 Å². The predicted octanol–water partition coefficient (Wildman–Crippen LogP) is 6.63. The van der Waals surface area contributed by atoms with Crippen molar-refractivity contribution in [3.63, 3.8) is 0 Å². The van der Waals surface area contributed by atoms with Crippen LogP contribution in [0.25, 0.3) is 16.0 Å². The molecule has 37 heavy (non-hydrogen) atoms. The molecule has 2 aliphatic heterocycles. The van der Waals surface area contributed by atoms with Crippen LogP contribution in [0.15, 0.2) is 64.6 Å². The first-order valence-electron chi connectivity index (χ1n) is 12.0. The summed E-state index contributed by atoms with van der Waals surface area (Å²) < 4.78 is 7.53. The molecule has 1 aromatic heterocycles. The maximum absolute atomic E-state index is 13.5. The van der Waals surface area contributed by atoms with E-state index in [0.717, 1.165) is 37.1 Å². The van der Waals surface area contributed by atoms with Crippen LogP contribution in [0.5, 0.6) is 5.75 Å². The average molecular weight is 575 g/mol. The van der Waals surface area contributed by atoms with Crippen molar-refractivity contribution in [1.82, 2.24) is 4.98 Å². The van der Waals surface area contributed by atoms with Gasteiger partial charge in [0.25, 0.3) is 5.78 Å². The number of halogens is 1. The minimum absolute atomic E-state index is 0.0437. The largest absolute Gasteiger partial charge is 0.507 e. The van der Waals surface area contributed by atoms with E-state index in [2.05, 4.69) is 15.9 Å². The maximum Gasteiger partial charge on any atom is 0.301 e. The number of aliphatic hydroxyl groups is 1. The van der Waals surface area contributed by atoms with Crippen molar-refractivity contribution in [1.29, 1.82) is 0 Å². The summed E-state index contributed by atoms with van der Waals surface area (Å²) in [6.45, 7) is 5.98. The van der Waals surface area contributed by atoms with Gasteiger partial charge in [0.15, 0.2) is 5.13 Å². The Morgan fingerprint density at radius 3 is 2.73 bits per heavy atom. The van der Waals surface area contributed by atoms with Crippen molar-refractivity contribution >= 4 is 60.1 Å². The van der Waals surface area contributed by atoms with Crippen molar-refractivity contribution in [2.75, 3.05) is 4.90 Å². The topological polar surface area (TPSA) is 79.7 Å². The lowest BCUT2D eigenvalue weighted by Crippen LogP contribution is -2.29. The molecule has 6 nitrogen and oxygen atoms in total. The van der Waals surface area contributed by atoms with E-state index in [0.29, 0.717) is 22.7 Å². The molecule has 1 fully saturated rings. The van der Waals surface area contributed by atoms with Crippen molar-refractivity contribution in [2.45, 2.75) is 39.3 Å². The average Bonchev–Trinajstić information content (AvgIpc) is 3.51. The highest BCUT2D eigenvalue weighted by Gasteiger charge is 2.48. The van der Waals surface area contributed by atoms with Crippen molar-refractivity contribution in [3.8, 4) is 5.75 Å². The third-order valence-electron chi connectivity index (χ3n) is 6.80. The normalized spacial score (nSPS) is 20.5. The maximum atomic E-state index is 13.5. The fourth-order valence-corrected chi connectivity index (χ4v) is 6.79. The van der Waals surface area contributed by atoms with Crippen molar-refractivity contribution < 1.29 is 19.4 Å². The predicted molar refractivity (Wildman–Crippen MR) is 148 cm³/mol. The number of aliphatic hydroxyl groups excluding tert-OH is 1. The molecule has 0 unspecified atom stereocenters. The highest BCUT2D eigenvalue weighted by molar-refractivity contribution is 9.10. The number of benzene rings is 3. The van der Waals surface area contributed by atoms with Crippen LogP contribution in [0.4, 0.5) is 5.13 Å². The molecule has 0 aliphatic carbocycles. The van der Waals surface area contributed by atoms with Gasteiger partial charge < -0.3 is 9.84 Å².